The molecule has 5 rings (SSSR count). The van der Waals surface area contributed by atoms with Gasteiger partial charge in [-0.05, 0) is 56.3 Å². The first-order valence-corrected chi connectivity index (χ1v) is 7.43. The number of nitrogens with zero attached hydrogens (tertiary/aromatic N) is 2. The van der Waals surface area contributed by atoms with Crippen LogP contribution in [0.3, 0.4) is 0 Å². The zero-order valence-electron chi connectivity index (χ0n) is 11.2. The van der Waals surface area contributed by atoms with Gasteiger partial charge in [0.15, 0.2) is 0 Å². The Morgan fingerprint density at radius 3 is 2.33 bits per heavy atom. The van der Waals surface area contributed by atoms with Crippen molar-refractivity contribution in [1.82, 2.24) is 14.9 Å². The molecular formula is C15H23N3. The first-order chi connectivity index (χ1) is 8.72. The molecule has 0 spiro atoms. The Bertz CT molecular complexity index is 413. The van der Waals surface area contributed by atoms with Crippen LogP contribution >= 0.6 is 0 Å². The zero-order chi connectivity index (χ0) is 12.2. The predicted octanol–water partition coefficient (Wildman–Crippen LogP) is 2.48. The molecule has 18 heavy (non-hydrogen) atoms. The Labute approximate surface area is 109 Å². The van der Waals surface area contributed by atoms with Crippen molar-refractivity contribution in [3.8, 4) is 0 Å². The topological polar surface area (TPSA) is 29.9 Å². The summed E-state index contributed by atoms with van der Waals surface area (Å²) in [4.78, 5) is 4.21. The Hall–Kier alpha value is -0.830. The number of aryl methyl sites for hydroxylation is 1. The van der Waals surface area contributed by atoms with Crippen molar-refractivity contribution in [3.05, 3.63) is 18.2 Å². The van der Waals surface area contributed by atoms with Crippen molar-refractivity contribution in [3.63, 3.8) is 0 Å². The second kappa shape index (κ2) is 3.83. The molecule has 3 nitrogen and oxygen atoms in total. The highest BCUT2D eigenvalue weighted by Crippen LogP contribution is 2.55. The Morgan fingerprint density at radius 1 is 1.22 bits per heavy atom. The maximum absolute atomic E-state index is 4.21. The lowest BCUT2D eigenvalue weighted by atomic mass is 9.53. The molecule has 0 atom stereocenters. The second-order valence-electron chi connectivity index (χ2n) is 7.05. The van der Waals surface area contributed by atoms with E-state index in [9.17, 15) is 0 Å². The summed E-state index contributed by atoms with van der Waals surface area (Å²) in [6.07, 6.45) is 12.7. The molecule has 1 heterocycles. The number of nitrogens with one attached hydrogen (secondary N) is 1. The highest BCUT2D eigenvalue weighted by atomic mass is 15.1. The van der Waals surface area contributed by atoms with Crippen LogP contribution in [0.4, 0.5) is 0 Å². The molecule has 0 radical (unpaired) electrons. The normalized spacial score (nSPS) is 41.5. The monoisotopic (exact) mass is 245 g/mol. The van der Waals surface area contributed by atoms with Gasteiger partial charge < -0.3 is 9.88 Å². The van der Waals surface area contributed by atoms with E-state index in [0.29, 0.717) is 5.54 Å². The largest absolute Gasteiger partial charge is 0.337 e. The molecule has 4 saturated carbocycles. The molecular weight excluding hydrogens is 222 g/mol. The van der Waals surface area contributed by atoms with Gasteiger partial charge in [-0.25, -0.2) is 4.98 Å². The summed E-state index contributed by atoms with van der Waals surface area (Å²) in [5.74, 6) is 3.07. The summed E-state index contributed by atoms with van der Waals surface area (Å²) in [5.41, 5.74) is 1.78. The van der Waals surface area contributed by atoms with Crippen LogP contribution in [0.2, 0.25) is 0 Å². The molecule has 1 aromatic heterocycles. The molecule has 4 fully saturated rings. The quantitative estimate of drug-likeness (QED) is 0.886. The zero-order valence-corrected chi connectivity index (χ0v) is 11.2. The maximum atomic E-state index is 4.21. The van der Waals surface area contributed by atoms with Gasteiger partial charge in [-0.1, -0.05) is 0 Å². The second-order valence-corrected chi connectivity index (χ2v) is 7.05. The number of hydrogen-bond acceptors (Lipinski definition) is 2. The fourth-order valence-electron chi connectivity index (χ4n) is 5.16. The molecule has 1 aromatic rings. The number of imidazole rings is 1. The van der Waals surface area contributed by atoms with Crippen LogP contribution in [0.5, 0.6) is 0 Å². The van der Waals surface area contributed by atoms with Gasteiger partial charge in [0.2, 0.25) is 0 Å². The molecule has 0 aliphatic heterocycles. The molecule has 4 aliphatic rings. The van der Waals surface area contributed by atoms with E-state index >= 15 is 0 Å². The summed E-state index contributed by atoms with van der Waals surface area (Å²) in [6, 6.07) is 0. The SMILES string of the molecule is Cn1cncc1CNC12CC3CC(CC(C3)C1)C2. The lowest BCUT2D eigenvalue weighted by molar-refractivity contribution is -0.0208. The summed E-state index contributed by atoms with van der Waals surface area (Å²) >= 11 is 0. The number of aromatic nitrogens is 2. The Morgan fingerprint density at radius 2 is 1.83 bits per heavy atom. The third-order valence-corrected chi connectivity index (χ3v) is 5.60. The van der Waals surface area contributed by atoms with Gasteiger partial charge >= 0.3 is 0 Å². The molecule has 0 amide bonds. The van der Waals surface area contributed by atoms with Gasteiger partial charge in [0.05, 0.1) is 12.0 Å². The predicted molar refractivity (Wildman–Crippen MR) is 71.0 cm³/mol. The van der Waals surface area contributed by atoms with E-state index in [-0.39, 0.29) is 0 Å². The van der Waals surface area contributed by atoms with Crippen LogP contribution in [0.1, 0.15) is 44.2 Å². The summed E-state index contributed by atoms with van der Waals surface area (Å²) in [5, 5.41) is 3.91. The van der Waals surface area contributed by atoms with Crippen molar-refractivity contribution >= 4 is 0 Å². The molecule has 1 N–H and O–H groups in total. The van der Waals surface area contributed by atoms with Crippen LogP contribution in [-0.2, 0) is 13.6 Å². The van der Waals surface area contributed by atoms with Crippen LogP contribution in [0.25, 0.3) is 0 Å². The molecule has 0 unspecified atom stereocenters. The van der Waals surface area contributed by atoms with E-state index in [0.717, 1.165) is 24.3 Å². The lowest BCUT2D eigenvalue weighted by Crippen LogP contribution is -2.58. The minimum atomic E-state index is 0.471. The van der Waals surface area contributed by atoms with Crippen LogP contribution < -0.4 is 5.32 Å². The summed E-state index contributed by atoms with van der Waals surface area (Å²) in [6.45, 7) is 0.989. The van der Waals surface area contributed by atoms with Gasteiger partial charge in [-0.15, -0.1) is 0 Å². The summed E-state index contributed by atoms with van der Waals surface area (Å²) < 4.78 is 2.13. The van der Waals surface area contributed by atoms with Crippen LogP contribution in [0, 0.1) is 17.8 Å². The van der Waals surface area contributed by atoms with Crippen molar-refractivity contribution in [2.45, 2.75) is 50.6 Å². The van der Waals surface area contributed by atoms with E-state index in [4.69, 9.17) is 0 Å². The van der Waals surface area contributed by atoms with E-state index in [1.807, 2.05) is 12.5 Å². The van der Waals surface area contributed by atoms with Crippen molar-refractivity contribution in [2.24, 2.45) is 24.8 Å². The molecule has 3 heteroatoms. The first kappa shape index (κ1) is 11.0. The highest BCUT2D eigenvalue weighted by Gasteiger charge is 2.50. The Kier molecular flexibility index (Phi) is 2.35. The third-order valence-electron chi connectivity index (χ3n) is 5.60. The minimum Gasteiger partial charge on any atom is -0.337 e. The van der Waals surface area contributed by atoms with Gasteiger partial charge in [0.25, 0.3) is 0 Å². The van der Waals surface area contributed by atoms with Gasteiger partial charge in [0.1, 0.15) is 0 Å². The van der Waals surface area contributed by atoms with E-state index < -0.39 is 0 Å². The van der Waals surface area contributed by atoms with Crippen LogP contribution in [0.15, 0.2) is 12.5 Å². The number of hydrogen-bond donors (Lipinski definition) is 1. The fraction of sp³-hybridized carbons (Fsp3) is 0.800. The first-order valence-electron chi connectivity index (χ1n) is 7.43. The molecule has 98 valence electrons. The Balaban J connectivity index is 1.49. The highest BCUT2D eigenvalue weighted by molar-refractivity contribution is 5.08. The fourth-order valence-corrected chi connectivity index (χ4v) is 5.16. The standard InChI is InChI=1S/C15H23N3/c1-18-10-16-8-14(18)9-17-15-5-11-2-12(6-15)4-13(3-11)7-15/h8,10-13,17H,2-7,9H2,1H3. The smallest absolute Gasteiger partial charge is 0.0945 e. The average molecular weight is 245 g/mol. The van der Waals surface area contributed by atoms with E-state index in [1.165, 1.54) is 44.2 Å². The molecule has 0 aromatic carbocycles. The van der Waals surface area contributed by atoms with Crippen molar-refractivity contribution < 1.29 is 0 Å². The molecule has 0 saturated heterocycles. The van der Waals surface area contributed by atoms with Gasteiger partial charge in [-0.3, -0.25) is 0 Å². The van der Waals surface area contributed by atoms with Crippen molar-refractivity contribution in [1.29, 1.82) is 0 Å². The number of rotatable bonds is 3. The summed E-state index contributed by atoms with van der Waals surface area (Å²) in [7, 11) is 2.09. The van der Waals surface area contributed by atoms with Crippen molar-refractivity contribution in [2.75, 3.05) is 0 Å². The molecule has 4 bridgehead atoms. The molecule has 4 aliphatic carbocycles. The lowest BCUT2D eigenvalue weighted by Gasteiger charge is -2.57. The maximum Gasteiger partial charge on any atom is 0.0945 e. The van der Waals surface area contributed by atoms with Gasteiger partial charge in [-0.2, -0.15) is 0 Å². The minimum absolute atomic E-state index is 0.471. The van der Waals surface area contributed by atoms with Crippen LogP contribution in [-0.4, -0.2) is 15.1 Å². The average Bonchev–Trinajstić information content (AvgIpc) is 2.70. The van der Waals surface area contributed by atoms with E-state index in [1.54, 1.807) is 0 Å². The van der Waals surface area contributed by atoms with E-state index in [2.05, 4.69) is 21.9 Å². The third kappa shape index (κ3) is 1.71. The van der Waals surface area contributed by atoms with Gasteiger partial charge in [0, 0.05) is 25.3 Å².